The zero-order valence-electron chi connectivity index (χ0n) is 14.5. The summed E-state index contributed by atoms with van der Waals surface area (Å²) in [6, 6.07) is 5.87. The van der Waals surface area contributed by atoms with Crippen molar-refractivity contribution >= 4 is 0 Å². The second kappa shape index (κ2) is 7.09. The van der Waals surface area contributed by atoms with E-state index in [1.807, 2.05) is 12.1 Å². The first-order valence-corrected chi connectivity index (χ1v) is 9.35. The quantitative estimate of drug-likeness (QED) is 0.709. The second-order valence-corrected chi connectivity index (χ2v) is 7.35. The molecule has 23 heavy (non-hydrogen) atoms. The fourth-order valence-corrected chi connectivity index (χ4v) is 4.52. The summed E-state index contributed by atoms with van der Waals surface area (Å²) in [6.45, 7) is 4.36. The highest BCUT2D eigenvalue weighted by atomic mass is 16.3. The molecule has 1 aromatic rings. The molecule has 3 atom stereocenters. The molecular formula is C21H30O2. The van der Waals surface area contributed by atoms with E-state index in [2.05, 4.69) is 19.9 Å². The Kier molecular flexibility index (Phi) is 5.11. The van der Waals surface area contributed by atoms with Crippen LogP contribution in [-0.4, -0.2) is 16.3 Å². The second-order valence-electron chi connectivity index (χ2n) is 7.35. The number of unbranched alkanes of at least 4 members (excludes halogenated alkanes) is 1. The lowest BCUT2D eigenvalue weighted by molar-refractivity contribution is 0.177. The Labute approximate surface area is 140 Å². The zero-order chi connectivity index (χ0) is 16.4. The van der Waals surface area contributed by atoms with E-state index in [1.54, 1.807) is 11.1 Å². The topological polar surface area (TPSA) is 40.5 Å². The molecule has 126 valence electrons. The number of aliphatic hydroxyl groups is 1. The van der Waals surface area contributed by atoms with E-state index in [0.29, 0.717) is 17.6 Å². The van der Waals surface area contributed by atoms with Crippen LogP contribution in [0.15, 0.2) is 29.3 Å². The van der Waals surface area contributed by atoms with Gasteiger partial charge in [0.15, 0.2) is 0 Å². The van der Waals surface area contributed by atoms with Gasteiger partial charge < -0.3 is 10.2 Å². The van der Waals surface area contributed by atoms with Crippen LogP contribution >= 0.6 is 0 Å². The number of allylic oxidation sites excluding steroid dienone is 1. The van der Waals surface area contributed by atoms with Crippen molar-refractivity contribution in [2.45, 2.75) is 77.2 Å². The van der Waals surface area contributed by atoms with Crippen molar-refractivity contribution in [2.75, 3.05) is 0 Å². The van der Waals surface area contributed by atoms with Gasteiger partial charge in [-0.05, 0) is 67.7 Å². The summed E-state index contributed by atoms with van der Waals surface area (Å²) < 4.78 is 0. The number of aromatic hydroxyl groups is 1. The number of aliphatic hydroxyl groups excluding tert-OH is 1. The lowest BCUT2D eigenvalue weighted by atomic mass is 9.69. The van der Waals surface area contributed by atoms with Crippen LogP contribution in [0.25, 0.3) is 0 Å². The van der Waals surface area contributed by atoms with Crippen LogP contribution in [0.5, 0.6) is 5.75 Å². The highest BCUT2D eigenvalue weighted by Gasteiger charge is 2.38. The van der Waals surface area contributed by atoms with Gasteiger partial charge in [-0.25, -0.2) is 0 Å². The average Bonchev–Trinajstić information content (AvgIpc) is 2.95. The lowest BCUT2D eigenvalue weighted by Gasteiger charge is -2.36. The van der Waals surface area contributed by atoms with Crippen molar-refractivity contribution in [3.05, 3.63) is 40.5 Å². The summed E-state index contributed by atoms with van der Waals surface area (Å²) in [7, 11) is 0. The molecule has 2 heteroatoms. The van der Waals surface area contributed by atoms with Crippen molar-refractivity contribution in [3.8, 4) is 5.75 Å². The van der Waals surface area contributed by atoms with Crippen molar-refractivity contribution in [1.29, 1.82) is 0 Å². The number of benzene rings is 1. The fraction of sp³-hybridized carbons (Fsp3) is 0.619. The average molecular weight is 314 g/mol. The molecule has 2 N–H and O–H groups in total. The standard InChI is InChI=1S/C17H20O2.C4H10/c18-12-3-6-14-10(7-12)1-5-16-15(14)4-2-11-8-13(19)9-17(11)16;1-3-4-2/h3,6-7,11,13,15,18-19H,1-2,4-5,8-9H2;3-4H2,1-2H3. The summed E-state index contributed by atoms with van der Waals surface area (Å²) in [6.07, 6.45) is 9.03. The van der Waals surface area contributed by atoms with E-state index in [1.165, 1.54) is 36.8 Å². The SMILES string of the molecule is CCCC.Oc1ccc2c(c1)CCC1=C3CC(O)CC3CCC12. The van der Waals surface area contributed by atoms with Gasteiger partial charge in [0.2, 0.25) is 0 Å². The Balaban J connectivity index is 0.000000354. The zero-order valence-corrected chi connectivity index (χ0v) is 14.5. The smallest absolute Gasteiger partial charge is 0.115 e. The third-order valence-corrected chi connectivity index (χ3v) is 5.81. The Hall–Kier alpha value is -1.28. The summed E-state index contributed by atoms with van der Waals surface area (Å²) in [5.74, 6) is 1.60. The Morgan fingerprint density at radius 1 is 1.04 bits per heavy atom. The number of aryl methyl sites for hydroxylation is 1. The van der Waals surface area contributed by atoms with Gasteiger partial charge in [0.05, 0.1) is 6.10 Å². The predicted molar refractivity (Wildman–Crippen MR) is 94.7 cm³/mol. The van der Waals surface area contributed by atoms with Gasteiger partial charge in [-0.3, -0.25) is 0 Å². The van der Waals surface area contributed by atoms with Crippen molar-refractivity contribution < 1.29 is 10.2 Å². The van der Waals surface area contributed by atoms with Gasteiger partial charge in [-0.15, -0.1) is 0 Å². The predicted octanol–water partition coefficient (Wildman–Crippen LogP) is 5.09. The number of rotatable bonds is 1. The lowest BCUT2D eigenvalue weighted by Crippen LogP contribution is -2.20. The molecule has 2 nitrogen and oxygen atoms in total. The minimum atomic E-state index is -0.104. The van der Waals surface area contributed by atoms with E-state index < -0.39 is 0 Å². The molecule has 0 aliphatic heterocycles. The third kappa shape index (κ3) is 3.33. The third-order valence-electron chi connectivity index (χ3n) is 5.81. The number of fused-ring (bicyclic) bond motifs is 4. The Morgan fingerprint density at radius 3 is 2.57 bits per heavy atom. The van der Waals surface area contributed by atoms with E-state index in [4.69, 9.17) is 0 Å². The maximum atomic E-state index is 9.91. The molecular weight excluding hydrogens is 284 g/mol. The molecule has 3 aliphatic rings. The van der Waals surface area contributed by atoms with Crippen LogP contribution in [0.1, 0.15) is 75.8 Å². The molecule has 0 heterocycles. The van der Waals surface area contributed by atoms with Gasteiger partial charge in [0, 0.05) is 5.92 Å². The molecule has 0 aromatic heterocycles. The minimum absolute atomic E-state index is 0.104. The van der Waals surface area contributed by atoms with Gasteiger partial charge in [0.25, 0.3) is 0 Å². The van der Waals surface area contributed by atoms with Gasteiger partial charge in [-0.2, -0.15) is 0 Å². The summed E-state index contributed by atoms with van der Waals surface area (Å²) in [4.78, 5) is 0. The maximum absolute atomic E-state index is 9.91. The van der Waals surface area contributed by atoms with E-state index >= 15 is 0 Å². The number of hydrogen-bond donors (Lipinski definition) is 2. The van der Waals surface area contributed by atoms with Crippen LogP contribution in [0.4, 0.5) is 0 Å². The largest absolute Gasteiger partial charge is 0.508 e. The normalized spacial score (nSPS) is 28.4. The summed E-state index contributed by atoms with van der Waals surface area (Å²) in [5.41, 5.74) is 5.94. The number of phenols is 1. The molecule has 4 rings (SSSR count). The molecule has 1 aromatic carbocycles. The van der Waals surface area contributed by atoms with Gasteiger partial charge in [0.1, 0.15) is 5.75 Å². The first-order valence-electron chi connectivity index (χ1n) is 9.35. The van der Waals surface area contributed by atoms with Gasteiger partial charge in [-0.1, -0.05) is 43.9 Å². The fourth-order valence-electron chi connectivity index (χ4n) is 4.52. The van der Waals surface area contributed by atoms with Crippen LogP contribution in [0.3, 0.4) is 0 Å². The molecule has 0 spiro atoms. The molecule has 0 saturated heterocycles. The summed E-state index contributed by atoms with van der Waals surface area (Å²) in [5, 5.41) is 19.5. The van der Waals surface area contributed by atoms with E-state index in [0.717, 1.165) is 25.7 Å². The molecule has 1 fully saturated rings. The number of phenolic OH excluding ortho intramolecular Hbond substituents is 1. The molecule has 1 saturated carbocycles. The minimum Gasteiger partial charge on any atom is -0.508 e. The van der Waals surface area contributed by atoms with Crippen molar-refractivity contribution in [1.82, 2.24) is 0 Å². The molecule has 0 radical (unpaired) electrons. The van der Waals surface area contributed by atoms with Crippen LogP contribution in [-0.2, 0) is 6.42 Å². The highest BCUT2D eigenvalue weighted by Crippen LogP contribution is 2.51. The molecule has 0 bridgehead atoms. The first-order chi connectivity index (χ1) is 11.1. The Morgan fingerprint density at radius 2 is 1.83 bits per heavy atom. The molecule has 0 amide bonds. The van der Waals surface area contributed by atoms with Crippen LogP contribution < -0.4 is 0 Å². The maximum Gasteiger partial charge on any atom is 0.115 e. The number of hydrogen-bond acceptors (Lipinski definition) is 2. The van der Waals surface area contributed by atoms with Gasteiger partial charge >= 0.3 is 0 Å². The van der Waals surface area contributed by atoms with Crippen LogP contribution in [0, 0.1) is 5.92 Å². The van der Waals surface area contributed by atoms with E-state index in [-0.39, 0.29) is 6.10 Å². The molecule has 3 unspecified atom stereocenters. The highest BCUT2D eigenvalue weighted by molar-refractivity contribution is 5.47. The molecule has 3 aliphatic carbocycles. The first kappa shape index (κ1) is 16.6. The van der Waals surface area contributed by atoms with Crippen molar-refractivity contribution in [2.24, 2.45) is 5.92 Å². The van der Waals surface area contributed by atoms with E-state index in [9.17, 15) is 10.2 Å². The Bertz CT molecular complexity index is 586. The summed E-state index contributed by atoms with van der Waals surface area (Å²) >= 11 is 0. The monoisotopic (exact) mass is 314 g/mol. The van der Waals surface area contributed by atoms with Crippen LogP contribution in [0.2, 0.25) is 0 Å². The van der Waals surface area contributed by atoms with Crippen molar-refractivity contribution in [3.63, 3.8) is 0 Å².